The summed E-state index contributed by atoms with van der Waals surface area (Å²) in [6, 6.07) is -0.443. The van der Waals surface area contributed by atoms with Crippen LogP contribution in [0.4, 0.5) is 0 Å². The molecule has 1 amide bonds. The van der Waals surface area contributed by atoms with E-state index in [0.29, 0.717) is 24.2 Å². The molecule has 0 bridgehead atoms. The van der Waals surface area contributed by atoms with Gasteiger partial charge in [-0.2, -0.15) is 0 Å². The van der Waals surface area contributed by atoms with Crippen LogP contribution in [0.25, 0.3) is 0 Å². The van der Waals surface area contributed by atoms with Gasteiger partial charge in [0.25, 0.3) is 0 Å². The van der Waals surface area contributed by atoms with Gasteiger partial charge in [-0.3, -0.25) is 4.79 Å². The summed E-state index contributed by atoms with van der Waals surface area (Å²) in [6.45, 7) is 0. The molecule has 0 spiro atoms. The summed E-state index contributed by atoms with van der Waals surface area (Å²) in [6.07, 6.45) is 2.98. The number of nitrogens with two attached hydrogens (primary N) is 2. The number of rotatable bonds is 1. The first-order valence-corrected chi connectivity index (χ1v) is 4.60. The molecule has 5 N–H and O–H groups in total. The fourth-order valence-electron chi connectivity index (χ4n) is 1.47. The first-order chi connectivity index (χ1) is 6.57. The van der Waals surface area contributed by atoms with Crippen LogP contribution in [-0.4, -0.2) is 37.2 Å². The van der Waals surface area contributed by atoms with E-state index in [1.807, 2.05) is 0 Å². The third-order valence-corrected chi connectivity index (χ3v) is 2.34. The Hall–Kier alpha value is -1.36. The highest BCUT2D eigenvalue weighted by molar-refractivity contribution is 5.90. The van der Waals surface area contributed by atoms with Crippen molar-refractivity contribution in [2.24, 2.45) is 11.5 Å². The van der Waals surface area contributed by atoms with Crippen molar-refractivity contribution in [1.29, 1.82) is 0 Å². The predicted octanol–water partition coefficient (Wildman–Crippen LogP) is -2.48. The van der Waals surface area contributed by atoms with Gasteiger partial charge in [0.05, 0.1) is 6.04 Å². The number of carbonyl (C=O) groups excluding carboxylic acids is 1. The Morgan fingerprint density at radius 3 is 2.86 bits per heavy atom. The molecule has 1 aliphatic rings. The van der Waals surface area contributed by atoms with Crippen molar-refractivity contribution in [2.75, 3.05) is 14.1 Å². The SMILES string of the molecule is C[NH+]=CC1=C(N)CCC(N)C(=O)N1C. The predicted molar refractivity (Wildman–Crippen MR) is 54.1 cm³/mol. The van der Waals surface area contributed by atoms with E-state index in [2.05, 4.69) is 4.99 Å². The Labute approximate surface area is 83.5 Å². The zero-order valence-electron chi connectivity index (χ0n) is 8.58. The van der Waals surface area contributed by atoms with Gasteiger partial charge >= 0.3 is 0 Å². The van der Waals surface area contributed by atoms with Crippen LogP contribution >= 0.6 is 0 Å². The third kappa shape index (κ3) is 1.93. The maximum Gasteiger partial charge on any atom is 0.243 e. The van der Waals surface area contributed by atoms with Crippen LogP contribution in [0.3, 0.4) is 0 Å². The second kappa shape index (κ2) is 4.23. The van der Waals surface area contributed by atoms with Gasteiger partial charge < -0.3 is 16.4 Å². The van der Waals surface area contributed by atoms with Crippen molar-refractivity contribution < 1.29 is 9.79 Å². The van der Waals surface area contributed by atoms with E-state index in [4.69, 9.17) is 11.5 Å². The Kier molecular flexibility index (Phi) is 3.24. The van der Waals surface area contributed by atoms with E-state index in [-0.39, 0.29) is 5.91 Å². The van der Waals surface area contributed by atoms with Gasteiger partial charge in [-0.15, -0.1) is 0 Å². The molecule has 0 radical (unpaired) electrons. The Bertz CT molecular complexity index is 295. The van der Waals surface area contributed by atoms with Gasteiger partial charge in [-0.1, -0.05) is 0 Å². The first-order valence-electron chi connectivity index (χ1n) is 4.60. The summed E-state index contributed by atoms with van der Waals surface area (Å²) < 4.78 is 0. The van der Waals surface area contributed by atoms with Gasteiger partial charge in [-0.25, -0.2) is 4.99 Å². The summed E-state index contributed by atoms with van der Waals surface area (Å²) in [4.78, 5) is 16.0. The summed E-state index contributed by atoms with van der Waals surface area (Å²) in [7, 11) is 3.45. The molecule has 1 atom stereocenters. The molecular weight excluding hydrogens is 180 g/mol. The lowest BCUT2D eigenvalue weighted by molar-refractivity contribution is -0.414. The normalized spacial score (nSPS) is 24.6. The molecule has 5 nitrogen and oxygen atoms in total. The fraction of sp³-hybridized carbons (Fsp3) is 0.556. The van der Waals surface area contributed by atoms with Crippen LogP contribution in [0.2, 0.25) is 0 Å². The topological polar surface area (TPSA) is 86.3 Å². The molecule has 78 valence electrons. The molecule has 1 rings (SSSR count). The van der Waals surface area contributed by atoms with Gasteiger partial charge in [0.15, 0.2) is 6.21 Å². The number of nitrogens with zero attached hydrogens (tertiary/aromatic N) is 1. The molecule has 0 saturated carbocycles. The van der Waals surface area contributed by atoms with Crippen LogP contribution < -0.4 is 16.5 Å². The van der Waals surface area contributed by atoms with Crippen LogP contribution in [0, 0.1) is 0 Å². The minimum absolute atomic E-state index is 0.0908. The van der Waals surface area contributed by atoms with Crippen molar-refractivity contribution in [2.45, 2.75) is 18.9 Å². The minimum Gasteiger partial charge on any atom is -0.400 e. The molecule has 0 saturated heterocycles. The van der Waals surface area contributed by atoms with E-state index >= 15 is 0 Å². The zero-order valence-corrected chi connectivity index (χ0v) is 8.58. The highest BCUT2D eigenvalue weighted by Gasteiger charge is 2.26. The van der Waals surface area contributed by atoms with Crippen LogP contribution in [0.15, 0.2) is 11.4 Å². The maximum absolute atomic E-state index is 11.6. The van der Waals surface area contributed by atoms with Crippen LogP contribution in [-0.2, 0) is 4.79 Å². The number of carbonyl (C=O) groups is 1. The highest BCUT2D eigenvalue weighted by Crippen LogP contribution is 2.15. The van der Waals surface area contributed by atoms with E-state index in [1.54, 1.807) is 20.3 Å². The highest BCUT2D eigenvalue weighted by atomic mass is 16.2. The molecule has 1 aliphatic heterocycles. The molecule has 0 aromatic rings. The molecule has 0 aromatic heterocycles. The Morgan fingerprint density at radius 1 is 1.64 bits per heavy atom. The van der Waals surface area contributed by atoms with Crippen molar-refractivity contribution in [1.82, 2.24) is 4.90 Å². The third-order valence-electron chi connectivity index (χ3n) is 2.34. The Balaban J connectivity index is 3.03. The standard InChI is InChI=1S/C9H16N4O/c1-12-5-8-6(10)3-4-7(11)9(14)13(8)2/h5,7H,3-4,10-11H2,1-2H3/p+1. The second-order valence-corrected chi connectivity index (χ2v) is 3.39. The number of hydrogen-bond acceptors (Lipinski definition) is 3. The lowest BCUT2D eigenvalue weighted by Crippen LogP contribution is -2.64. The summed E-state index contributed by atoms with van der Waals surface area (Å²) >= 11 is 0. The van der Waals surface area contributed by atoms with Crippen molar-refractivity contribution in [3.8, 4) is 0 Å². The molecule has 0 aromatic carbocycles. The molecule has 1 unspecified atom stereocenters. The first kappa shape index (κ1) is 10.7. The zero-order chi connectivity index (χ0) is 10.7. The largest absolute Gasteiger partial charge is 0.400 e. The molecule has 5 heteroatoms. The van der Waals surface area contributed by atoms with Crippen molar-refractivity contribution in [3.63, 3.8) is 0 Å². The number of allylic oxidation sites excluding steroid dienone is 2. The quantitative estimate of drug-likeness (QED) is 0.407. The molecule has 1 heterocycles. The van der Waals surface area contributed by atoms with Gasteiger partial charge in [0, 0.05) is 12.7 Å². The van der Waals surface area contributed by atoms with Crippen LogP contribution in [0.5, 0.6) is 0 Å². The molecule has 0 fully saturated rings. The van der Waals surface area contributed by atoms with Crippen LogP contribution in [0.1, 0.15) is 12.8 Å². The van der Waals surface area contributed by atoms with Gasteiger partial charge in [0.2, 0.25) is 5.91 Å². The second-order valence-electron chi connectivity index (χ2n) is 3.39. The fourth-order valence-corrected chi connectivity index (χ4v) is 1.47. The van der Waals surface area contributed by atoms with Gasteiger partial charge in [-0.05, 0) is 12.8 Å². The molecule has 0 aliphatic carbocycles. The van der Waals surface area contributed by atoms with Crippen molar-refractivity contribution in [3.05, 3.63) is 11.4 Å². The monoisotopic (exact) mass is 197 g/mol. The average Bonchev–Trinajstić information content (AvgIpc) is 2.25. The van der Waals surface area contributed by atoms with E-state index in [1.165, 1.54) is 4.90 Å². The number of likely N-dealkylation sites (N-methyl/N-ethyl adjacent to an activating group) is 1. The average molecular weight is 197 g/mol. The van der Waals surface area contributed by atoms with E-state index in [9.17, 15) is 4.79 Å². The number of nitrogens with one attached hydrogen (secondary N) is 1. The summed E-state index contributed by atoms with van der Waals surface area (Å²) in [5.41, 5.74) is 12.9. The van der Waals surface area contributed by atoms with E-state index < -0.39 is 6.04 Å². The lowest BCUT2D eigenvalue weighted by atomic mass is 10.1. The summed E-state index contributed by atoms with van der Waals surface area (Å²) in [5, 5.41) is 0. The number of hydrogen-bond donors (Lipinski definition) is 3. The van der Waals surface area contributed by atoms with Gasteiger partial charge in [0.1, 0.15) is 12.7 Å². The van der Waals surface area contributed by atoms with E-state index in [0.717, 1.165) is 0 Å². The molecular formula is C9H17N4O+. The summed E-state index contributed by atoms with van der Waals surface area (Å²) in [5.74, 6) is -0.0908. The smallest absolute Gasteiger partial charge is 0.243 e. The Morgan fingerprint density at radius 2 is 2.29 bits per heavy atom. The molecule has 14 heavy (non-hydrogen) atoms. The lowest BCUT2D eigenvalue weighted by Gasteiger charge is -2.17. The van der Waals surface area contributed by atoms with Crippen molar-refractivity contribution >= 4 is 12.1 Å². The number of amides is 1. The maximum atomic E-state index is 11.6. The minimum atomic E-state index is -0.443.